The van der Waals surface area contributed by atoms with Gasteiger partial charge < -0.3 is 14.6 Å². The first-order chi connectivity index (χ1) is 16.6. The molecule has 0 radical (unpaired) electrons. The van der Waals surface area contributed by atoms with E-state index in [0.29, 0.717) is 22.8 Å². The summed E-state index contributed by atoms with van der Waals surface area (Å²) in [6, 6.07) is 24.5. The fourth-order valence-corrected chi connectivity index (χ4v) is 5.59. The third-order valence-corrected chi connectivity index (χ3v) is 7.10. The fourth-order valence-electron chi connectivity index (χ4n) is 5.16. The van der Waals surface area contributed by atoms with E-state index in [1.165, 1.54) is 7.11 Å². The van der Waals surface area contributed by atoms with Gasteiger partial charge in [-0.3, -0.25) is 9.69 Å². The first-order valence-corrected chi connectivity index (χ1v) is 11.5. The van der Waals surface area contributed by atoms with Crippen LogP contribution in [0.15, 0.2) is 78.9 Å². The molecule has 3 aromatic carbocycles. The molecule has 1 saturated heterocycles. The van der Waals surface area contributed by atoms with Crippen LogP contribution < -0.4 is 4.90 Å². The lowest BCUT2D eigenvalue weighted by atomic mass is 9.89. The molecule has 1 aromatic heterocycles. The third kappa shape index (κ3) is 2.97. The lowest BCUT2D eigenvalue weighted by Gasteiger charge is -2.37. The lowest BCUT2D eigenvalue weighted by molar-refractivity contribution is -0.120. The number of esters is 1. The number of thiocarbonyl (C=S) groups is 1. The fraction of sp³-hybridized carbons (Fsp3) is 0.148. The molecule has 0 aliphatic carbocycles. The maximum Gasteiger partial charge on any atom is 0.337 e. The molecule has 168 valence electrons. The van der Waals surface area contributed by atoms with Crippen LogP contribution in [-0.4, -0.2) is 40.0 Å². The Morgan fingerprint density at radius 3 is 2.44 bits per heavy atom. The van der Waals surface area contributed by atoms with Crippen molar-refractivity contribution in [3.8, 4) is 0 Å². The van der Waals surface area contributed by atoms with Gasteiger partial charge in [0.1, 0.15) is 6.04 Å². The average Bonchev–Trinajstić information content (AvgIpc) is 3.37. The third-order valence-electron chi connectivity index (χ3n) is 6.71. The maximum atomic E-state index is 13.8. The Morgan fingerprint density at radius 2 is 1.71 bits per heavy atom. The van der Waals surface area contributed by atoms with E-state index in [1.807, 2.05) is 30.3 Å². The number of benzene rings is 3. The van der Waals surface area contributed by atoms with Crippen molar-refractivity contribution in [2.75, 3.05) is 12.0 Å². The first kappa shape index (κ1) is 20.6. The number of carbonyl (C=O) groups is 2. The van der Waals surface area contributed by atoms with Crippen LogP contribution in [0.5, 0.6) is 0 Å². The average molecular weight is 468 g/mol. The second-order valence-corrected chi connectivity index (χ2v) is 8.86. The van der Waals surface area contributed by atoms with Gasteiger partial charge in [0.05, 0.1) is 24.4 Å². The molecule has 0 unspecified atom stereocenters. The van der Waals surface area contributed by atoms with E-state index < -0.39 is 12.0 Å². The van der Waals surface area contributed by atoms with Crippen molar-refractivity contribution >= 4 is 45.8 Å². The lowest BCUT2D eigenvalue weighted by Crippen LogP contribution is -2.44. The number of H-pyrrole nitrogens is 1. The smallest absolute Gasteiger partial charge is 0.337 e. The van der Waals surface area contributed by atoms with Gasteiger partial charge in [0.2, 0.25) is 0 Å². The minimum Gasteiger partial charge on any atom is -0.465 e. The zero-order valence-electron chi connectivity index (χ0n) is 18.4. The molecule has 34 heavy (non-hydrogen) atoms. The van der Waals surface area contributed by atoms with Gasteiger partial charge >= 0.3 is 5.97 Å². The van der Waals surface area contributed by atoms with Crippen molar-refractivity contribution in [3.63, 3.8) is 0 Å². The second-order valence-electron chi connectivity index (χ2n) is 8.50. The summed E-state index contributed by atoms with van der Waals surface area (Å²) in [6.45, 7) is 0. The number of nitrogens with one attached hydrogen (secondary N) is 1. The zero-order chi connectivity index (χ0) is 23.4. The summed E-state index contributed by atoms with van der Waals surface area (Å²) in [5.74, 6) is -0.485. The molecule has 2 aliphatic heterocycles. The molecule has 1 fully saturated rings. The summed E-state index contributed by atoms with van der Waals surface area (Å²) < 4.78 is 4.79. The molecule has 1 N–H and O–H groups in total. The number of ether oxygens (including phenoxy) is 1. The SMILES string of the molecule is COC(=O)c1ccc(N2C(=O)[C@H]3Cc4c([nH]c5ccccc45)[C@@H](c4ccccc4)N3C2=S)cc1. The number of hydrogen-bond donors (Lipinski definition) is 1. The number of hydrogen-bond acceptors (Lipinski definition) is 4. The van der Waals surface area contributed by atoms with Crippen molar-refractivity contribution in [2.24, 2.45) is 0 Å². The van der Waals surface area contributed by atoms with Gasteiger partial charge in [0.25, 0.3) is 5.91 Å². The molecular weight excluding hydrogens is 446 g/mol. The number of fused-ring (bicyclic) bond motifs is 4. The van der Waals surface area contributed by atoms with Gasteiger partial charge in [-0.25, -0.2) is 4.79 Å². The zero-order valence-corrected chi connectivity index (χ0v) is 19.2. The van der Waals surface area contributed by atoms with Crippen molar-refractivity contribution in [2.45, 2.75) is 18.5 Å². The van der Waals surface area contributed by atoms with E-state index in [0.717, 1.165) is 27.7 Å². The van der Waals surface area contributed by atoms with Crippen LogP contribution in [0.3, 0.4) is 0 Å². The van der Waals surface area contributed by atoms with E-state index in [2.05, 4.69) is 34.1 Å². The maximum absolute atomic E-state index is 13.8. The van der Waals surface area contributed by atoms with Crippen molar-refractivity contribution < 1.29 is 14.3 Å². The van der Waals surface area contributed by atoms with Crippen LogP contribution in [0.25, 0.3) is 10.9 Å². The predicted molar refractivity (Wildman–Crippen MR) is 134 cm³/mol. The van der Waals surface area contributed by atoms with Gasteiger partial charge in [-0.05, 0) is 53.7 Å². The minimum absolute atomic E-state index is 0.0623. The molecule has 6 rings (SSSR count). The molecule has 1 amide bonds. The second kappa shape index (κ2) is 7.81. The topological polar surface area (TPSA) is 65.6 Å². The predicted octanol–water partition coefficient (Wildman–Crippen LogP) is 4.60. The number of anilines is 1. The van der Waals surface area contributed by atoms with Gasteiger partial charge in [-0.15, -0.1) is 0 Å². The highest BCUT2D eigenvalue weighted by atomic mass is 32.1. The van der Waals surface area contributed by atoms with Gasteiger partial charge in [0.15, 0.2) is 5.11 Å². The number of para-hydroxylation sites is 1. The molecule has 7 heteroatoms. The van der Waals surface area contributed by atoms with Crippen LogP contribution >= 0.6 is 12.2 Å². The molecule has 3 heterocycles. The molecule has 0 spiro atoms. The summed E-state index contributed by atoms with van der Waals surface area (Å²) >= 11 is 5.92. The largest absolute Gasteiger partial charge is 0.465 e. The van der Waals surface area contributed by atoms with Gasteiger partial charge in [-0.2, -0.15) is 0 Å². The highest BCUT2D eigenvalue weighted by Gasteiger charge is 2.50. The Bertz CT molecular complexity index is 1450. The molecule has 6 nitrogen and oxygen atoms in total. The number of aromatic amines is 1. The summed E-state index contributed by atoms with van der Waals surface area (Å²) in [5, 5.41) is 1.59. The molecule has 2 atom stereocenters. The van der Waals surface area contributed by atoms with Crippen molar-refractivity contribution in [1.29, 1.82) is 0 Å². The summed E-state index contributed by atoms with van der Waals surface area (Å²) in [4.78, 5) is 32.9. The van der Waals surface area contributed by atoms with Crippen LogP contribution in [-0.2, 0) is 16.0 Å². The highest BCUT2D eigenvalue weighted by molar-refractivity contribution is 7.80. The first-order valence-electron chi connectivity index (χ1n) is 11.1. The molecule has 0 saturated carbocycles. The molecule has 0 bridgehead atoms. The number of aromatic nitrogens is 1. The van der Waals surface area contributed by atoms with Crippen LogP contribution in [0, 0.1) is 0 Å². The number of rotatable bonds is 3. The van der Waals surface area contributed by atoms with Gasteiger partial charge in [-0.1, -0.05) is 48.5 Å². The van der Waals surface area contributed by atoms with Crippen molar-refractivity contribution in [1.82, 2.24) is 9.88 Å². The summed E-state index contributed by atoms with van der Waals surface area (Å²) in [5.41, 5.74) is 5.41. The van der Waals surface area contributed by atoms with Crippen LogP contribution in [0.2, 0.25) is 0 Å². The Kier molecular flexibility index (Phi) is 4.74. The van der Waals surface area contributed by atoms with E-state index in [9.17, 15) is 9.59 Å². The van der Waals surface area contributed by atoms with Gasteiger partial charge in [0, 0.05) is 23.0 Å². The van der Waals surface area contributed by atoms with Crippen molar-refractivity contribution in [3.05, 3.63) is 101 Å². The van der Waals surface area contributed by atoms with E-state index >= 15 is 0 Å². The minimum atomic E-state index is -0.422. The van der Waals surface area contributed by atoms with E-state index in [-0.39, 0.29) is 11.9 Å². The Morgan fingerprint density at radius 1 is 1.00 bits per heavy atom. The van der Waals surface area contributed by atoms with Crippen LogP contribution in [0.1, 0.15) is 33.2 Å². The van der Waals surface area contributed by atoms with E-state index in [4.69, 9.17) is 17.0 Å². The van der Waals surface area contributed by atoms with Crippen LogP contribution in [0.4, 0.5) is 5.69 Å². The molecule has 2 aliphatic rings. The Hall–Kier alpha value is -3.97. The normalized spacial score (nSPS) is 19.3. The Labute approximate surface area is 201 Å². The standard InChI is InChI=1S/C27H21N3O3S/c1-33-26(32)17-11-13-18(14-12-17)29-25(31)22-15-20-19-9-5-6-10-21(19)28-23(20)24(30(22)27(29)34)16-7-3-2-4-8-16/h2-14,22,24,28H,15H2,1H3/t22-,24-/m1/s1. The molecular formula is C27H21N3O3S. The Balaban J connectivity index is 1.47. The summed E-state index contributed by atoms with van der Waals surface area (Å²) in [7, 11) is 1.34. The quantitative estimate of drug-likeness (QED) is 0.352. The monoisotopic (exact) mass is 467 g/mol. The number of methoxy groups -OCH3 is 1. The molecule has 4 aromatic rings. The van der Waals surface area contributed by atoms with E-state index in [1.54, 1.807) is 29.2 Å². The number of nitrogens with zero attached hydrogens (tertiary/aromatic N) is 2. The highest BCUT2D eigenvalue weighted by Crippen LogP contribution is 2.44. The number of carbonyl (C=O) groups excluding carboxylic acids is 2. The number of amides is 1. The summed E-state index contributed by atoms with van der Waals surface area (Å²) in [6.07, 6.45) is 0.568.